The van der Waals surface area contributed by atoms with E-state index < -0.39 is 0 Å². The van der Waals surface area contributed by atoms with Crippen molar-refractivity contribution in [3.8, 4) is 0 Å². The van der Waals surface area contributed by atoms with Gasteiger partial charge >= 0.3 is 0 Å². The molecule has 6 nitrogen and oxygen atoms in total. The summed E-state index contributed by atoms with van der Waals surface area (Å²) < 4.78 is 0. The van der Waals surface area contributed by atoms with Crippen molar-refractivity contribution in [2.75, 3.05) is 26.2 Å². The zero-order chi connectivity index (χ0) is 20.6. The second-order valence-electron chi connectivity index (χ2n) is 6.98. The molecule has 3 rings (SSSR count). The molecule has 1 aliphatic heterocycles. The fourth-order valence-corrected chi connectivity index (χ4v) is 3.96. The lowest BCUT2D eigenvalue weighted by atomic mass is 10.1. The number of Topliss-reactive ketones (excluding diaryl/α,β-unsaturated/α-hetero) is 2. The fraction of sp³-hybridized carbons (Fsp3) is 0.364. The van der Waals surface area contributed by atoms with E-state index in [9.17, 15) is 19.2 Å². The molecule has 1 aromatic heterocycles. The molecule has 152 valence electrons. The van der Waals surface area contributed by atoms with E-state index in [-0.39, 0.29) is 49.1 Å². The number of benzene rings is 1. The second-order valence-corrected chi connectivity index (χ2v) is 7.93. The first-order valence-electron chi connectivity index (χ1n) is 9.75. The standard InChI is InChI=1S/C22H24N2O4S/c25-18(8-10-19(26)20-7-4-16-29-20)9-11-21(27)23-12-14-24(15-13-23)22(28)17-5-2-1-3-6-17/h1-7,16H,8-15H2. The summed E-state index contributed by atoms with van der Waals surface area (Å²) in [6.45, 7) is 1.93. The van der Waals surface area contributed by atoms with Gasteiger partial charge < -0.3 is 9.80 Å². The van der Waals surface area contributed by atoms with E-state index in [2.05, 4.69) is 0 Å². The highest BCUT2D eigenvalue weighted by Gasteiger charge is 2.25. The van der Waals surface area contributed by atoms with Crippen LogP contribution in [0, 0.1) is 0 Å². The predicted molar refractivity (Wildman–Crippen MR) is 111 cm³/mol. The van der Waals surface area contributed by atoms with Crippen molar-refractivity contribution >= 4 is 34.7 Å². The van der Waals surface area contributed by atoms with Gasteiger partial charge in [-0.25, -0.2) is 0 Å². The molecule has 0 N–H and O–H groups in total. The molecule has 2 amide bonds. The van der Waals surface area contributed by atoms with Crippen molar-refractivity contribution in [1.29, 1.82) is 0 Å². The maximum atomic E-state index is 12.5. The average molecular weight is 413 g/mol. The van der Waals surface area contributed by atoms with Gasteiger partial charge in [-0.05, 0) is 23.6 Å². The molecule has 2 heterocycles. The minimum Gasteiger partial charge on any atom is -0.339 e. The van der Waals surface area contributed by atoms with Crippen LogP contribution in [0.2, 0.25) is 0 Å². The number of hydrogen-bond acceptors (Lipinski definition) is 5. The smallest absolute Gasteiger partial charge is 0.253 e. The Morgan fingerprint density at radius 2 is 1.41 bits per heavy atom. The fourth-order valence-electron chi connectivity index (χ4n) is 3.27. The van der Waals surface area contributed by atoms with Gasteiger partial charge in [-0.3, -0.25) is 19.2 Å². The molecule has 0 atom stereocenters. The lowest BCUT2D eigenvalue weighted by molar-refractivity contribution is -0.134. The number of carbonyl (C=O) groups is 4. The van der Waals surface area contributed by atoms with Crippen LogP contribution in [0.4, 0.5) is 0 Å². The summed E-state index contributed by atoms with van der Waals surface area (Å²) >= 11 is 1.37. The number of hydrogen-bond donors (Lipinski definition) is 0. The third kappa shape index (κ3) is 5.84. The van der Waals surface area contributed by atoms with Crippen molar-refractivity contribution in [3.05, 3.63) is 58.3 Å². The first kappa shape index (κ1) is 20.9. The van der Waals surface area contributed by atoms with E-state index in [1.54, 1.807) is 28.0 Å². The van der Waals surface area contributed by atoms with E-state index in [4.69, 9.17) is 0 Å². The van der Waals surface area contributed by atoms with E-state index in [0.717, 1.165) is 0 Å². The molecule has 0 bridgehead atoms. The summed E-state index contributed by atoms with van der Waals surface area (Å²) in [6.07, 6.45) is 0.662. The normalized spacial score (nSPS) is 13.9. The van der Waals surface area contributed by atoms with Gasteiger partial charge in [-0.1, -0.05) is 24.3 Å². The minimum absolute atomic E-state index is 0.0247. The molecule has 2 aromatic rings. The summed E-state index contributed by atoms with van der Waals surface area (Å²) in [5.74, 6) is -0.196. The molecule has 0 unspecified atom stereocenters. The van der Waals surface area contributed by atoms with E-state index in [1.807, 2.05) is 29.6 Å². The Kier molecular flexibility index (Phi) is 7.30. The van der Waals surface area contributed by atoms with Crippen LogP contribution >= 0.6 is 11.3 Å². The number of amides is 2. The maximum absolute atomic E-state index is 12.5. The Bertz CT molecular complexity index is 856. The Morgan fingerprint density at radius 1 is 0.759 bits per heavy atom. The summed E-state index contributed by atoms with van der Waals surface area (Å²) in [4.78, 5) is 52.9. The number of ketones is 2. The highest BCUT2D eigenvalue weighted by molar-refractivity contribution is 7.12. The number of piperazine rings is 1. The number of rotatable bonds is 8. The van der Waals surface area contributed by atoms with Crippen LogP contribution in [0.5, 0.6) is 0 Å². The van der Waals surface area contributed by atoms with Crippen molar-refractivity contribution in [2.45, 2.75) is 25.7 Å². The summed E-state index contributed by atoms with van der Waals surface area (Å²) in [5.41, 5.74) is 0.648. The van der Waals surface area contributed by atoms with E-state index >= 15 is 0 Å². The summed E-state index contributed by atoms with van der Waals surface area (Å²) in [7, 11) is 0. The Labute approximate surface area is 174 Å². The molecule has 7 heteroatoms. The second kappa shape index (κ2) is 10.1. The number of nitrogens with zero attached hydrogens (tertiary/aromatic N) is 2. The molecule has 1 aliphatic rings. The lowest BCUT2D eigenvalue weighted by Crippen LogP contribution is -2.50. The van der Waals surface area contributed by atoms with Crippen molar-refractivity contribution in [3.63, 3.8) is 0 Å². The summed E-state index contributed by atoms with van der Waals surface area (Å²) in [5, 5.41) is 1.83. The molecular weight excluding hydrogens is 388 g/mol. The maximum Gasteiger partial charge on any atom is 0.253 e. The van der Waals surface area contributed by atoms with Gasteiger partial charge in [-0.2, -0.15) is 0 Å². The molecule has 1 aromatic carbocycles. The molecule has 1 saturated heterocycles. The molecule has 0 saturated carbocycles. The van der Waals surface area contributed by atoms with Gasteiger partial charge in [0.2, 0.25) is 5.91 Å². The minimum atomic E-state index is -0.0743. The first-order valence-corrected chi connectivity index (χ1v) is 10.6. The quantitative estimate of drug-likeness (QED) is 0.625. The van der Waals surface area contributed by atoms with Gasteiger partial charge in [0.15, 0.2) is 5.78 Å². The van der Waals surface area contributed by atoms with Crippen LogP contribution in [0.15, 0.2) is 47.8 Å². The highest BCUT2D eigenvalue weighted by Crippen LogP contribution is 2.14. The van der Waals surface area contributed by atoms with Crippen molar-refractivity contribution in [1.82, 2.24) is 9.80 Å². The number of carbonyl (C=O) groups excluding carboxylic acids is 4. The molecule has 1 fully saturated rings. The zero-order valence-electron chi connectivity index (χ0n) is 16.2. The molecule has 0 radical (unpaired) electrons. The number of thiophene rings is 1. The van der Waals surface area contributed by atoms with Crippen LogP contribution in [-0.4, -0.2) is 59.4 Å². The third-order valence-electron chi connectivity index (χ3n) is 4.98. The van der Waals surface area contributed by atoms with Gasteiger partial charge in [0, 0.05) is 57.4 Å². The Balaban J connectivity index is 1.37. The molecule has 29 heavy (non-hydrogen) atoms. The highest BCUT2D eigenvalue weighted by atomic mass is 32.1. The van der Waals surface area contributed by atoms with Gasteiger partial charge in [0.05, 0.1) is 4.88 Å². The molecular formula is C22H24N2O4S. The Hall–Kier alpha value is -2.80. The SMILES string of the molecule is O=C(CCC(=O)c1cccs1)CCC(=O)N1CCN(C(=O)c2ccccc2)CC1. The first-order chi connectivity index (χ1) is 14.0. The van der Waals surface area contributed by atoms with Crippen LogP contribution in [-0.2, 0) is 9.59 Å². The van der Waals surface area contributed by atoms with Crippen LogP contribution in [0.25, 0.3) is 0 Å². The molecule has 0 aliphatic carbocycles. The summed E-state index contributed by atoms with van der Waals surface area (Å²) in [6, 6.07) is 12.7. The van der Waals surface area contributed by atoms with E-state index in [0.29, 0.717) is 36.6 Å². The Morgan fingerprint density at radius 3 is 2.07 bits per heavy atom. The van der Waals surface area contributed by atoms with E-state index in [1.165, 1.54) is 11.3 Å². The average Bonchev–Trinajstić information content (AvgIpc) is 3.31. The van der Waals surface area contributed by atoms with Gasteiger partial charge in [-0.15, -0.1) is 11.3 Å². The monoisotopic (exact) mass is 412 g/mol. The predicted octanol–water partition coefficient (Wildman–Crippen LogP) is 3.04. The third-order valence-corrected chi connectivity index (χ3v) is 5.90. The zero-order valence-corrected chi connectivity index (χ0v) is 17.0. The lowest BCUT2D eigenvalue weighted by Gasteiger charge is -2.34. The largest absolute Gasteiger partial charge is 0.339 e. The van der Waals surface area contributed by atoms with Crippen molar-refractivity contribution < 1.29 is 19.2 Å². The topological polar surface area (TPSA) is 74.8 Å². The molecule has 0 spiro atoms. The van der Waals surface area contributed by atoms with Crippen LogP contribution in [0.1, 0.15) is 45.7 Å². The van der Waals surface area contributed by atoms with Crippen molar-refractivity contribution in [2.24, 2.45) is 0 Å². The van der Waals surface area contributed by atoms with Gasteiger partial charge in [0.25, 0.3) is 5.91 Å². The van der Waals surface area contributed by atoms with Crippen LogP contribution < -0.4 is 0 Å². The van der Waals surface area contributed by atoms with Gasteiger partial charge in [0.1, 0.15) is 5.78 Å². The van der Waals surface area contributed by atoms with Crippen LogP contribution in [0.3, 0.4) is 0 Å².